The summed E-state index contributed by atoms with van der Waals surface area (Å²) in [4.78, 5) is 13.3. The van der Waals surface area contributed by atoms with Crippen molar-refractivity contribution in [1.29, 1.82) is 0 Å². The van der Waals surface area contributed by atoms with E-state index >= 15 is 0 Å². The van der Waals surface area contributed by atoms with Gasteiger partial charge >= 0.3 is 5.97 Å². The van der Waals surface area contributed by atoms with Crippen molar-refractivity contribution < 1.29 is 15.0 Å². The second kappa shape index (κ2) is 2.60. The van der Waals surface area contributed by atoms with E-state index in [1.807, 2.05) is 6.92 Å². The lowest BCUT2D eigenvalue weighted by molar-refractivity contribution is 0.0690. The standard InChI is InChI=1S/C9H11NO3/c1-4-2-7(11)8-5(4)3-6(10-8)9(12)13/h3-4,7,10-11H,2H2,1H3,(H,12,13)/t4-,7+/m0/s1. The number of aromatic amines is 1. The Labute approximate surface area is 75.2 Å². The fourth-order valence-electron chi connectivity index (χ4n) is 1.86. The molecular weight excluding hydrogens is 170 g/mol. The van der Waals surface area contributed by atoms with Crippen LogP contribution in [0.25, 0.3) is 0 Å². The molecule has 0 spiro atoms. The Kier molecular flexibility index (Phi) is 1.66. The fraction of sp³-hybridized carbons (Fsp3) is 0.444. The number of nitrogens with one attached hydrogen (secondary N) is 1. The zero-order valence-corrected chi connectivity index (χ0v) is 7.24. The molecule has 0 fully saturated rings. The highest BCUT2D eigenvalue weighted by molar-refractivity contribution is 5.86. The maximum Gasteiger partial charge on any atom is 0.352 e. The number of hydrogen-bond donors (Lipinski definition) is 3. The van der Waals surface area contributed by atoms with Crippen LogP contribution in [-0.2, 0) is 0 Å². The zero-order valence-electron chi connectivity index (χ0n) is 7.24. The van der Waals surface area contributed by atoms with Gasteiger partial charge in [-0.05, 0) is 24.0 Å². The summed E-state index contributed by atoms with van der Waals surface area (Å²) in [5.41, 5.74) is 1.77. The fourth-order valence-corrected chi connectivity index (χ4v) is 1.86. The Balaban J connectivity index is 2.46. The molecule has 0 unspecified atom stereocenters. The molecule has 1 aliphatic rings. The number of aromatic carboxylic acids is 1. The van der Waals surface area contributed by atoms with E-state index < -0.39 is 12.1 Å². The molecule has 2 rings (SSSR count). The number of H-pyrrole nitrogens is 1. The Morgan fingerprint density at radius 1 is 1.69 bits per heavy atom. The lowest BCUT2D eigenvalue weighted by Crippen LogP contribution is -1.99. The van der Waals surface area contributed by atoms with Gasteiger partial charge in [0.15, 0.2) is 0 Å². The highest BCUT2D eigenvalue weighted by Crippen LogP contribution is 2.39. The molecule has 1 aromatic heterocycles. The molecule has 3 N–H and O–H groups in total. The van der Waals surface area contributed by atoms with Gasteiger partial charge in [0.2, 0.25) is 0 Å². The van der Waals surface area contributed by atoms with Gasteiger partial charge in [0.25, 0.3) is 0 Å². The first kappa shape index (κ1) is 8.31. The molecule has 4 heteroatoms. The third kappa shape index (κ3) is 1.14. The number of carboxylic acid groups (broad SMARTS) is 1. The summed E-state index contributed by atoms with van der Waals surface area (Å²) in [7, 11) is 0. The number of aliphatic hydroxyl groups excluding tert-OH is 1. The van der Waals surface area contributed by atoms with E-state index in [9.17, 15) is 9.90 Å². The molecular formula is C9H11NO3. The van der Waals surface area contributed by atoms with Crippen LogP contribution in [0.15, 0.2) is 6.07 Å². The van der Waals surface area contributed by atoms with Crippen LogP contribution in [0, 0.1) is 0 Å². The minimum Gasteiger partial charge on any atom is -0.477 e. The molecule has 0 aromatic carbocycles. The number of aliphatic hydroxyl groups is 1. The lowest BCUT2D eigenvalue weighted by atomic mass is 10.1. The van der Waals surface area contributed by atoms with Crippen molar-refractivity contribution >= 4 is 5.97 Å². The molecule has 0 bridgehead atoms. The second-order valence-corrected chi connectivity index (χ2v) is 3.51. The predicted octanol–water partition coefficient (Wildman–Crippen LogP) is 1.25. The van der Waals surface area contributed by atoms with Gasteiger partial charge in [0, 0.05) is 5.69 Å². The number of carboxylic acids is 1. The molecule has 2 atom stereocenters. The molecule has 0 saturated heterocycles. The Bertz CT molecular complexity index is 330. The smallest absolute Gasteiger partial charge is 0.352 e. The van der Waals surface area contributed by atoms with E-state index in [0.29, 0.717) is 12.1 Å². The van der Waals surface area contributed by atoms with Crippen molar-refractivity contribution in [2.45, 2.75) is 25.4 Å². The highest BCUT2D eigenvalue weighted by atomic mass is 16.4. The van der Waals surface area contributed by atoms with Gasteiger partial charge in [0.05, 0.1) is 6.10 Å². The SMILES string of the molecule is C[C@H]1C[C@@H](O)c2[nH]c(C(=O)O)cc21. The molecule has 0 amide bonds. The van der Waals surface area contributed by atoms with Gasteiger partial charge in [-0.25, -0.2) is 4.79 Å². The lowest BCUT2D eigenvalue weighted by Gasteiger charge is -2.01. The summed E-state index contributed by atoms with van der Waals surface area (Å²) in [6, 6.07) is 1.61. The van der Waals surface area contributed by atoms with Crippen molar-refractivity contribution in [2.75, 3.05) is 0 Å². The largest absolute Gasteiger partial charge is 0.477 e. The van der Waals surface area contributed by atoms with Gasteiger partial charge in [-0.15, -0.1) is 0 Å². The molecule has 70 valence electrons. The van der Waals surface area contributed by atoms with Gasteiger partial charge in [-0.1, -0.05) is 6.92 Å². The molecule has 0 radical (unpaired) electrons. The van der Waals surface area contributed by atoms with Crippen LogP contribution in [0.4, 0.5) is 0 Å². The summed E-state index contributed by atoms with van der Waals surface area (Å²) < 4.78 is 0. The molecule has 0 aliphatic heterocycles. The first-order chi connectivity index (χ1) is 6.09. The van der Waals surface area contributed by atoms with Gasteiger partial charge in [0.1, 0.15) is 5.69 Å². The van der Waals surface area contributed by atoms with Gasteiger partial charge in [-0.2, -0.15) is 0 Å². The number of aromatic nitrogens is 1. The van der Waals surface area contributed by atoms with Crippen molar-refractivity contribution in [2.24, 2.45) is 0 Å². The van der Waals surface area contributed by atoms with Crippen molar-refractivity contribution in [3.8, 4) is 0 Å². The van der Waals surface area contributed by atoms with E-state index in [4.69, 9.17) is 5.11 Å². The third-order valence-electron chi connectivity index (χ3n) is 2.55. The van der Waals surface area contributed by atoms with Crippen LogP contribution < -0.4 is 0 Å². The van der Waals surface area contributed by atoms with E-state index in [0.717, 1.165) is 5.56 Å². The van der Waals surface area contributed by atoms with Crippen LogP contribution in [0.1, 0.15) is 47.1 Å². The number of rotatable bonds is 1. The Morgan fingerprint density at radius 2 is 2.38 bits per heavy atom. The topological polar surface area (TPSA) is 73.3 Å². The molecule has 0 saturated carbocycles. The van der Waals surface area contributed by atoms with Crippen LogP contribution in [-0.4, -0.2) is 21.2 Å². The highest BCUT2D eigenvalue weighted by Gasteiger charge is 2.29. The maximum atomic E-state index is 10.6. The van der Waals surface area contributed by atoms with Crippen LogP contribution in [0.3, 0.4) is 0 Å². The van der Waals surface area contributed by atoms with E-state index in [2.05, 4.69) is 4.98 Å². The van der Waals surface area contributed by atoms with E-state index in [1.165, 1.54) is 0 Å². The molecule has 1 aromatic rings. The normalized spacial score (nSPS) is 26.0. The van der Waals surface area contributed by atoms with Crippen LogP contribution in [0.5, 0.6) is 0 Å². The van der Waals surface area contributed by atoms with Gasteiger partial charge in [-0.3, -0.25) is 0 Å². The maximum absolute atomic E-state index is 10.6. The van der Waals surface area contributed by atoms with Crippen molar-refractivity contribution in [3.05, 3.63) is 23.0 Å². The van der Waals surface area contributed by atoms with E-state index in [1.54, 1.807) is 6.07 Å². The van der Waals surface area contributed by atoms with Crippen LogP contribution >= 0.6 is 0 Å². The zero-order chi connectivity index (χ0) is 9.59. The summed E-state index contributed by atoms with van der Waals surface area (Å²) in [6.07, 6.45) is 0.152. The second-order valence-electron chi connectivity index (χ2n) is 3.51. The minimum absolute atomic E-state index is 0.163. The van der Waals surface area contributed by atoms with Gasteiger partial charge < -0.3 is 15.2 Å². The average molecular weight is 181 g/mol. The Hall–Kier alpha value is -1.29. The average Bonchev–Trinajstić information content (AvgIpc) is 2.55. The van der Waals surface area contributed by atoms with Crippen molar-refractivity contribution in [3.63, 3.8) is 0 Å². The number of fused-ring (bicyclic) bond motifs is 1. The summed E-state index contributed by atoms with van der Waals surface area (Å²) in [5, 5.41) is 18.2. The first-order valence-electron chi connectivity index (χ1n) is 4.23. The quantitative estimate of drug-likeness (QED) is 0.610. The van der Waals surface area contributed by atoms with Crippen LogP contribution in [0.2, 0.25) is 0 Å². The minimum atomic E-state index is -0.978. The molecule has 1 heterocycles. The molecule has 13 heavy (non-hydrogen) atoms. The summed E-state index contributed by atoms with van der Waals surface area (Å²) in [6.45, 7) is 1.98. The third-order valence-corrected chi connectivity index (χ3v) is 2.55. The Morgan fingerprint density at radius 3 is 2.92 bits per heavy atom. The molecule has 1 aliphatic carbocycles. The predicted molar refractivity (Wildman–Crippen MR) is 45.7 cm³/mol. The van der Waals surface area contributed by atoms with E-state index in [-0.39, 0.29) is 11.6 Å². The number of hydrogen-bond acceptors (Lipinski definition) is 2. The van der Waals surface area contributed by atoms with Crippen molar-refractivity contribution in [1.82, 2.24) is 4.98 Å². The summed E-state index contributed by atoms with van der Waals surface area (Å²) >= 11 is 0. The monoisotopic (exact) mass is 181 g/mol. The summed E-state index contributed by atoms with van der Waals surface area (Å²) in [5.74, 6) is -0.733. The first-order valence-corrected chi connectivity index (χ1v) is 4.23. The number of carbonyl (C=O) groups is 1. The molecule has 4 nitrogen and oxygen atoms in total.